The van der Waals surface area contributed by atoms with Crippen LogP contribution in [-0.4, -0.2) is 23.3 Å². The third kappa shape index (κ3) is 5.14. The van der Waals surface area contributed by atoms with Gasteiger partial charge in [-0.05, 0) is 93.5 Å². The molecule has 3 N–H and O–H groups in total. The normalized spacial score (nSPS) is 14.1. The van der Waals surface area contributed by atoms with Crippen molar-refractivity contribution in [3.8, 4) is 16.9 Å². The van der Waals surface area contributed by atoms with E-state index in [9.17, 15) is 9.90 Å². The minimum Gasteiger partial charge on any atom is -0.493 e. The predicted molar refractivity (Wildman–Crippen MR) is 122 cm³/mol. The molecule has 2 aromatic rings. The van der Waals surface area contributed by atoms with Crippen molar-refractivity contribution in [2.75, 3.05) is 12.3 Å². The Morgan fingerprint density at radius 2 is 1.87 bits per heavy atom. The summed E-state index contributed by atoms with van der Waals surface area (Å²) >= 11 is 0. The lowest BCUT2D eigenvalue weighted by molar-refractivity contribution is -0.160. The molecule has 0 aromatic heterocycles. The summed E-state index contributed by atoms with van der Waals surface area (Å²) in [7, 11) is 0. The number of hydrogen-bond acceptors (Lipinski definition) is 4. The van der Waals surface area contributed by atoms with Crippen molar-refractivity contribution in [3.63, 3.8) is 0 Å². The second-order valence-corrected chi connectivity index (χ2v) is 8.42. The van der Waals surface area contributed by atoms with Crippen molar-refractivity contribution < 1.29 is 19.4 Å². The van der Waals surface area contributed by atoms with Gasteiger partial charge in [-0.15, -0.1) is 0 Å². The number of carboxylic acids is 1. The molecule has 0 spiro atoms. The van der Waals surface area contributed by atoms with Gasteiger partial charge in [0.2, 0.25) is 0 Å². The Morgan fingerprint density at radius 1 is 1.20 bits per heavy atom. The first-order chi connectivity index (χ1) is 14.1. The second kappa shape index (κ2) is 9.52. The van der Waals surface area contributed by atoms with Gasteiger partial charge in [0.1, 0.15) is 5.75 Å². The maximum absolute atomic E-state index is 12.2. The van der Waals surface area contributed by atoms with Gasteiger partial charge in [0, 0.05) is 11.3 Å². The summed E-state index contributed by atoms with van der Waals surface area (Å²) in [5.41, 5.74) is 11.4. The van der Waals surface area contributed by atoms with Gasteiger partial charge in [-0.1, -0.05) is 19.9 Å². The Balaban J connectivity index is 0.00000155. The molecule has 1 aliphatic heterocycles. The van der Waals surface area contributed by atoms with Crippen LogP contribution in [0.1, 0.15) is 69.4 Å². The maximum Gasteiger partial charge on any atom is 0.337 e. The SMILES string of the molecule is CC.Cc1cc(N)c(C)c(C(OC(C)(C)C)C(=O)O)c1-c1ccc2c(c1)CCCO2. The van der Waals surface area contributed by atoms with Crippen LogP contribution < -0.4 is 10.5 Å². The highest BCUT2D eigenvalue weighted by Crippen LogP contribution is 2.41. The van der Waals surface area contributed by atoms with Crippen molar-refractivity contribution in [2.24, 2.45) is 0 Å². The third-order valence-electron chi connectivity index (χ3n) is 5.03. The lowest BCUT2D eigenvalue weighted by Crippen LogP contribution is -2.28. The lowest BCUT2D eigenvalue weighted by atomic mass is 9.86. The zero-order valence-electron chi connectivity index (χ0n) is 19.3. The van der Waals surface area contributed by atoms with Crippen molar-refractivity contribution in [1.82, 2.24) is 0 Å². The van der Waals surface area contributed by atoms with Crippen molar-refractivity contribution in [2.45, 2.75) is 73.0 Å². The molecule has 1 heterocycles. The molecule has 0 radical (unpaired) electrons. The van der Waals surface area contributed by atoms with Crippen LogP contribution >= 0.6 is 0 Å². The van der Waals surface area contributed by atoms with Crippen molar-refractivity contribution in [1.29, 1.82) is 0 Å². The van der Waals surface area contributed by atoms with Crippen LogP contribution in [0.4, 0.5) is 5.69 Å². The van der Waals surface area contributed by atoms with Crippen molar-refractivity contribution >= 4 is 11.7 Å². The van der Waals surface area contributed by atoms with E-state index in [1.807, 2.05) is 66.7 Å². The molecule has 1 atom stereocenters. The number of ether oxygens (including phenoxy) is 2. The molecular formula is C25H35NO4. The first kappa shape index (κ1) is 23.7. The fourth-order valence-electron chi connectivity index (χ4n) is 3.78. The van der Waals surface area contributed by atoms with E-state index in [2.05, 4.69) is 6.07 Å². The second-order valence-electron chi connectivity index (χ2n) is 8.42. The summed E-state index contributed by atoms with van der Waals surface area (Å²) in [6, 6.07) is 7.97. The van der Waals surface area contributed by atoms with Gasteiger partial charge in [-0.3, -0.25) is 0 Å². The highest BCUT2D eigenvalue weighted by molar-refractivity contribution is 5.85. The maximum atomic E-state index is 12.2. The van der Waals surface area contributed by atoms with Crippen LogP contribution in [0.2, 0.25) is 0 Å². The first-order valence-corrected chi connectivity index (χ1v) is 10.6. The van der Waals surface area contributed by atoms with E-state index in [-0.39, 0.29) is 0 Å². The number of carboxylic acid groups (broad SMARTS) is 1. The molecule has 0 bridgehead atoms. The molecule has 0 fully saturated rings. The smallest absolute Gasteiger partial charge is 0.337 e. The van der Waals surface area contributed by atoms with E-state index in [1.165, 1.54) is 0 Å². The summed E-state index contributed by atoms with van der Waals surface area (Å²) in [6.07, 6.45) is 0.824. The van der Waals surface area contributed by atoms with Gasteiger partial charge in [0.05, 0.1) is 12.2 Å². The van der Waals surface area contributed by atoms with Crippen LogP contribution in [-0.2, 0) is 16.0 Å². The van der Waals surface area contributed by atoms with E-state index in [0.29, 0.717) is 11.3 Å². The average molecular weight is 414 g/mol. The van der Waals surface area contributed by atoms with Crippen molar-refractivity contribution in [3.05, 3.63) is 46.5 Å². The highest BCUT2D eigenvalue weighted by Gasteiger charge is 2.32. The number of aryl methyl sites for hydroxylation is 2. The molecule has 1 aliphatic rings. The summed E-state index contributed by atoms with van der Waals surface area (Å²) in [5.74, 6) is -0.118. The van der Waals surface area contributed by atoms with Crippen LogP contribution in [0.3, 0.4) is 0 Å². The number of carbonyl (C=O) groups is 1. The zero-order chi connectivity index (χ0) is 22.6. The number of hydrogen-bond donors (Lipinski definition) is 2. The number of anilines is 1. The predicted octanol–water partition coefficient (Wildman–Crippen LogP) is 5.84. The summed E-state index contributed by atoms with van der Waals surface area (Å²) in [6.45, 7) is 14.1. The quantitative estimate of drug-likeness (QED) is 0.615. The summed E-state index contributed by atoms with van der Waals surface area (Å²) < 4.78 is 11.7. The number of aliphatic carboxylic acids is 1. The van der Waals surface area contributed by atoms with Gasteiger partial charge < -0.3 is 20.3 Å². The topological polar surface area (TPSA) is 81.8 Å². The van der Waals surface area contributed by atoms with Gasteiger partial charge in [-0.25, -0.2) is 4.79 Å². The third-order valence-corrected chi connectivity index (χ3v) is 5.03. The molecule has 30 heavy (non-hydrogen) atoms. The van der Waals surface area contributed by atoms with Gasteiger partial charge in [-0.2, -0.15) is 0 Å². The number of benzene rings is 2. The Hall–Kier alpha value is -2.53. The minimum atomic E-state index is -1.11. The Morgan fingerprint density at radius 3 is 2.47 bits per heavy atom. The molecule has 5 nitrogen and oxygen atoms in total. The fraction of sp³-hybridized carbons (Fsp3) is 0.480. The Kier molecular flexibility index (Phi) is 7.54. The number of rotatable bonds is 4. The van der Waals surface area contributed by atoms with Gasteiger partial charge in [0.15, 0.2) is 6.10 Å². The highest BCUT2D eigenvalue weighted by atomic mass is 16.5. The average Bonchev–Trinajstić information content (AvgIpc) is 2.69. The van der Waals surface area contributed by atoms with Crippen LogP contribution in [0.25, 0.3) is 11.1 Å². The van der Waals surface area contributed by atoms with Gasteiger partial charge in [0.25, 0.3) is 0 Å². The molecule has 1 unspecified atom stereocenters. The molecule has 0 amide bonds. The standard InChI is InChI=1S/C23H29NO4.C2H6/c1-13-11-17(24)14(2)20(21(22(25)26)28-23(3,4)5)19(13)16-8-9-18-15(12-16)7-6-10-27-18;1-2/h8-9,11-12,21H,6-7,10,24H2,1-5H3,(H,25,26);1-2H3. The molecule has 2 aromatic carbocycles. The Bertz CT molecular complexity index is 912. The molecule has 164 valence electrons. The number of fused-ring (bicyclic) bond motifs is 1. The zero-order valence-corrected chi connectivity index (χ0v) is 19.3. The molecular weight excluding hydrogens is 378 g/mol. The van der Waals surface area contributed by atoms with Crippen LogP contribution in [0, 0.1) is 13.8 Å². The van der Waals surface area contributed by atoms with E-state index < -0.39 is 17.7 Å². The van der Waals surface area contributed by atoms with Crippen LogP contribution in [0.15, 0.2) is 24.3 Å². The largest absolute Gasteiger partial charge is 0.493 e. The number of nitrogens with two attached hydrogens (primary N) is 1. The molecule has 0 aliphatic carbocycles. The first-order valence-electron chi connectivity index (χ1n) is 10.6. The fourth-order valence-corrected chi connectivity index (χ4v) is 3.78. The minimum absolute atomic E-state index is 0.571. The molecule has 5 heteroatoms. The van der Waals surface area contributed by atoms with E-state index >= 15 is 0 Å². The van der Waals surface area contributed by atoms with Gasteiger partial charge >= 0.3 is 5.97 Å². The van der Waals surface area contributed by atoms with E-state index in [4.69, 9.17) is 15.2 Å². The summed E-state index contributed by atoms with van der Waals surface area (Å²) in [5, 5.41) is 9.97. The van der Waals surface area contributed by atoms with E-state index in [0.717, 1.165) is 53.0 Å². The monoisotopic (exact) mass is 413 g/mol. The van der Waals surface area contributed by atoms with Crippen LogP contribution in [0.5, 0.6) is 5.75 Å². The molecule has 0 saturated carbocycles. The summed E-state index contributed by atoms with van der Waals surface area (Å²) in [4.78, 5) is 12.2. The Labute approximate surface area is 180 Å². The lowest BCUT2D eigenvalue weighted by Gasteiger charge is -2.29. The molecule has 0 saturated heterocycles. The number of nitrogen functional groups attached to an aromatic ring is 1. The van der Waals surface area contributed by atoms with E-state index in [1.54, 1.807) is 0 Å². The molecule has 3 rings (SSSR count).